The molecule has 2 rings (SSSR count). The molecule has 21 heavy (non-hydrogen) atoms. The van der Waals surface area contributed by atoms with Gasteiger partial charge in [-0.3, -0.25) is 0 Å². The summed E-state index contributed by atoms with van der Waals surface area (Å²) in [5.74, 6) is 0. The fraction of sp³-hybridized carbons (Fsp3) is 0.533. The van der Waals surface area contributed by atoms with Crippen molar-refractivity contribution >= 4 is 24.7 Å². The van der Waals surface area contributed by atoms with E-state index in [9.17, 15) is 0 Å². The van der Waals surface area contributed by atoms with Gasteiger partial charge in [0.05, 0.1) is 17.8 Å². The summed E-state index contributed by atoms with van der Waals surface area (Å²) in [6, 6.07) is 6.97. The van der Waals surface area contributed by atoms with Gasteiger partial charge in [0.25, 0.3) is 0 Å². The molecular weight excluding hydrogens is 282 g/mol. The minimum atomic E-state index is -1.06. The summed E-state index contributed by atoms with van der Waals surface area (Å²) in [6.45, 7) is 8.75. The molecule has 1 heterocycles. The molecule has 1 aromatic heterocycles. The van der Waals surface area contributed by atoms with Crippen molar-refractivity contribution in [3.63, 3.8) is 0 Å². The summed E-state index contributed by atoms with van der Waals surface area (Å²) in [4.78, 5) is 0. The molecular formula is C15H25N3O2Si. The Morgan fingerprint density at radius 3 is 2.71 bits per heavy atom. The van der Waals surface area contributed by atoms with Gasteiger partial charge in [-0.15, -0.1) is 0 Å². The predicted molar refractivity (Wildman–Crippen MR) is 89.0 cm³/mol. The Hall–Kier alpha value is -1.37. The molecule has 0 amide bonds. The number of benzene rings is 1. The Balaban J connectivity index is 2.13. The quantitative estimate of drug-likeness (QED) is 0.485. The van der Waals surface area contributed by atoms with Crippen molar-refractivity contribution in [3.8, 4) is 0 Å². The highest BCUT2D eigenvalue weighted by Gasteiger charge is 2.13. The standard InChI is InChI=1S/C15H25N3O2Si/c1-19-10-14-13-6-5-12(16)9-15(13)18(17-14)11-20-7-8-21(2,3)4/h5-6,9H,7-8,10-11,16H2,1-4H3. The van der Waals surface area contributed by atoms with Crippen molar-refractivity contribution in [2.45, 2.75) is 39.0 Å². The summed E-state index contributed by atoms with van der Waals surface area (Å²) >= 11 is 0. The Morgan fingerprint density at radius 1 is 1.29 bits per heavy atom. The van der Waals surface area contributed by atoms with E-state index >= 15 is 0 Å². The minimum absolute atomic E-state index is 0.453. The van der Waals surface area contributed by atoms with Crippen molar-refractivity contribution in [1.29, 1.82) is 0 Å². The highest BCUT2D eigenvalue weighted by Crippen LogP contribution is 2.22. The lowest BCUT2D eigenvalue weighted by molar-refractivity contribution is 0.0805. The first-order valence-electron chi connectivity index (χ1n) is 7.22. The highest BCUT2D eigenvalue weighted by atomic mass is 28.3. The molecule has 0 saturated carbocycles. The molecule has 2 aromatic rings. The maximum absolute atomic E-state index is 5.88. The van der Waals surface area contributed by atoms with Crippen LogP contribution in [0.15, 0.2) is 18.2 Å². The van der Waals surface area contributed by atoms with Crippen LogP contribution in [0.2, 0.25) is 25.7 Å². The number of anilines is 1. The largest absolute Gasteiger partial charge is 0.399 e. The van der Waals surface area contributed by atoms with Gasteiger partial charge in [0.15, 0.2) is 0 Å². The molecule has 0 radical (unpaired) electrons. The third-order valence-corrected chi connectivity index (χ3v) is 5.05. The summed E-state index contributed by atoms with van der Waals surface area (Å²) < 4.78 is 12.9. The lowest BCUT2D eigenvalue weighted by Crippen LogP contribution is -2.22. The van der Waals surface area contributed by atoms with Crippen LogP contribution in [-0.4, -0.2) is 31.6 Å². The fourth-order valence-electron chi connectivity index (χ4n) is 2.13. The average Bonchev–Trinajstić information content (AvgIpc) is 2.72. The van der Waals surface area contributed by atoms with E-state index < -0.39 is 8.07 Å². The third-order valence-electron chi connectivity index (χ3n) is 3.34. The Bertz CT molecular complexity index is 605. The van der Waals surface area contributed by atoms with Crippen LogP contribution in [0, 0.1) is 0 Å². The van der Waals surface area contributed by atoms with Gasteiger partial charge < -0.3 is 15.2 Å². The van der Waals surface area contributed by atoms with E-state index in [0.29, 0.717) is 13.3 Å². The molecule has 116 valence electrons. The highest BCUT2D eigenvalue weighted by molar-refractivity contribution is 6.76. The number of aromatic nitrogens is 2. The molecule has 1 aromatic carbocycles. The van der Waals surface area contributed by atoms with Crippen LogP contribution in [-0.2, 0) is 22.8 Å². The number of hydrogen-bond acceptors (Lipinski definition) is 4. The van der Waals surface area contributed by atoms with E-state index in [-0.39, 0.29) is 0 Å². The molecule has 6 heteroatoms. The molecule has 0 fully saturated rings. The van der Waals surface area contributed by atoms with Crippen molar-refractivity contribution < 1.29 is 9.47 Å². The van der Waals surface area contributed by atoms with Gasteiger partial charge in [0, 0.05) is 32.9 Å². The molecule has 0 aliphatic carbocycles. The van der Waals surface area contributed by atoms with Crippen molar-refractivity contribution in [2.75, 3.05) is 19.5 Å². The normalized spacial score (nSPS) is 12.2. The van der Waals surface area contributed by atoms with E-state index in [1.807, 2.05) is 22.9 Å². The monoisotopic (exact) mass is 307 g/mol. The fourth-order valence-corrected chi connectivity index (χ4v) is 2.89. The van der Waals surface area contributed by atoms with Gasteiger partial charge in [-0.25, -0.2) is 4.68 Å². The van der Waals surface area contributed by atoms with E-state index in [2.05, 4.69) is 24.7 Å². The Morgan fingerprint density at radius 2 is 2.05 bits per heavy atom. The van der Waals surface area contributed by atoms with Gasteiger partial charge in [-0.2, -0.15) is 5.10 Å². The van der Waals surface area contributed by atoms with Gasteiger partial charge in [0.2, 0.25) is 0 Å². The van der Waals surface area contributed by atoms with Crippen LogP contribution in [0.25, 0.3) is 10.9 Å². The maximum atomic E-state index is 5.88. The topological polar surface area (TPSA) is 62.3 Å². The summed E-state index contributed by atoms with van der Waals surface area (Å²) in [7, 11) is 0.613. The molecule has 0 saturated heterocycles. The smallest absolute Gasteiger partial charge is 0.140 e. The van der Waals surface area contributed by atoms with Crippen LogP contribution in [0.5, 0.6) is 0 Å². The number of nitrogens with zero attached hydrogens (tertiary/aromatic N) is 2. The first-order valence-corrected chi connectivity index (χ1v) is 10.9. The molecule has 2 N–H and O–H groups in total. The minimum Gasteiger partial charge on any atom is -0.399 e. The van der Waals surface area contributed by atoms with Gasteiger partial charge in [-0.05, 0) is 24.2 Å². The predicted octanol–water partition coefficient (Wildman–Crippen LogP) is 3.08. The lowest BCUT2D eigenvalue weighted by Gasteiger charge is -2.15. The molecule has 0 aliphatic heterocycles. The first-order chi connectivity index (χ1) is 9.90. The molecule has 5 nitrogen and oxygen atoms in total. The third kappa shape index (κ3) is 4.29. The number of nitrogen functional groups attached to an aromatic ring is 1. The van der Waals surface area contributed by atoms with E-state index in [1.54, 1.807) is 7.11 Å². The van der Waals surface area contributed by atoms with Gasteiger partial charge in [0.1, 0.15) is 6.73 Å². The second kappa shape index (κ2) is 6.59. The zero-order valence-corrected chi connectivity index (χ0v) is 14.3. The maximum Gasteiger partial charge on any atom is 0.140 e. The van der Waals surface area contributed by atoms with Gasteiger partial charge in [-0.1, -0.05) is 19.6 Å². The molecule has 0 bridgehead atoms. The lowest BCUT2D eigenvalue weighted by atomic mass is 10.2. The van der Waals surface area contributed by atoms with Gasteiger partial charge >= 0.3 is 0 Å². The second-order valence-electron chi connectivity index (χ2n) is 6.50. The van der Waals surface area contributed by atoms with Crippen LogP contribution >= 0.6 is 0 Å². The summed E-state index contributed by atoms with van der Waals surface area (Å²) in [5.41, 5.74) is 8.52. The Labute approximate surface area is 127 Å². The van der Waals surface area contributed by atoms with E-state index in [4.69, 9.17) is 15.2 Å². The summed E-state index contributed by atoms with van der Waals surface area (Å²) in [5, 5.41) is 5.65. The number of fused-ring (bicyclic) bond motifs is 1. The first kappa shape index (κ1) is 16.0. The SMILES string of the molecule is COCc1nn(COCC[Si](C)(C)C)c2cc(N)ccc12. The van der Waals surface area contributed by atoms with Crippen molar-refractivity contribution in [1.82, 2.24) is 9.78 Å². The number of methoxy groups -OCH3 is 1. The average molecular weight is 307 g/mol. The van der Waals surface area contributed by atoms with Crippen molar-refractivity contribution in [3.05, 3.63) is 23.9 Å². The molecule has 0 aliphatic rings. The van der Waals surface area contributed by atoms with E-state index in [0.717, 1.165) is 34.9 Å². The van der Waals surface area contributed by atoms with Crippen LogP contribution in [0.3, 0.4) is 0 Å². The van der Waals surface area contributed by atoms with Crippen LogP contribution in [0.1, 0.15) is 5.69 Å². The summed E-state index contributed by atoms with van der Waals surface area (Å²) in [6.07, 6.45) is 0. The zero-order valence-electron chi connectivity index (χ0n) is 13.3. The zero-order chi connectivity index (χ0) is 15.5. The number of ether oxygens (including phenoxy) is 2. The number of rotatable bonds is 7. The molecule has 0 atom stereocenters. The second-order valence-corrected chi connectivity index (χ2v) is 12.1. The van der Waals surface area contributed by atoms with Crippen molar-refractivity contribution in [2.24, 2.45) is 0 Å². The molecule has 0 unspecified atom stereocenters. The number of hydrogen-bond donors (Lipinski definition) is 1. The Kier molecular flexibility index (Phi) is 5.03. The van der Waals surface area contributed by atoms with Crippen LogP contribution < -0.4 is 5.73 Å². The molecule has 0 spiro atoms. The number of nitrogens with two attached hydrogens (primary N) is 1. The van der Waals surface area contributed by atoms with E-state index in [1.165, 1.54) is 0 Å². The van der Waals surface area contributed by atoms with Crippen LogP contribution in [0.4, 0.5) is 5.69 Å².